The minimum atomic E-state index is 0. The van der Waals surface area contributed by atoms with Gasteiger partial charge in [-0.1, -0.05) is 18.9 Å². The van der Waals surface area contributed by atoms with Crippen LogP contribution in [-0.4, -0.2) is 54.0 Å². The van der Waals surface area contributed by atoms with Gasteiger partial charge < -0.3 is 15.5 Å². The highest BCUT2D eigenvalue weighted by Crippen LogP contribution is 2.27. The van der Waals surface area contributed by atoms with Crippen molar-refractivity contribution in [2.24, 2.45) is 10.9 Å². The number of pyridine rings is 1. The first-order valence-electron chi connectivity index (χ1n) is 10.00. The zero-order valence-corrected chi connectivity index (χ0v) is 18.5. The highest BCUT2D eigenvalue weighted by Gasteiger charge is 2.32. The minimum absolute atomic E-state index is 0. The molecule has 0 bridgehead atoms. The number of amides is 1. The highest BCUT2D eigenvalue weighted by atomic mass is 127. The number of carbonyl (C=O) groups is 1. The van der Waals surface area contributed by atoms with E-state index >= 15 is 0 Å². The zero-order chi connectivity index (χ0) is 18.2. The number of rotatable bonds is 6. The Labute approximate surface area is 179 Å². The van der Waals surface area contributed by atoms with Gasteiger partial charge in [-0.05, 0) is 38.3 Å². The molecule has 1 saturated heterocycles. The van der Waals surface area contributed by atoms with Crippen LogP contribution in [0.5, 0.6) is 0 Å². The smallest absolute Gasteiger partial charge is 0.225 e. The summed E-state index contributed by atoms with van der Waals surface area (Å²) in [5.41, 5.74) is 1.06. The molecule has 1 aromatic heterocycles. The van der Waals surface area contributed by atoms with Crippen LogP contribution in [0.4, 0.5) is 0 Å². The molecule has 1 amide bonds. The van der Waals surface area contributed by atoms with Gasteiger partial charge in [-0.3, -0.25) is 14.8 Å². The number of hydrogen-bond acceptors (Lipinski definition) is 3. The summed E-state index contributed by atoms with van der Waals surface area (Å²) < 4.78 is 0. The second-order valence-electron chi connectivity index (χ2n) is 7.23. The molecule has 27 heavy (non-hydrogen) atoms. The number of guanidine groups is 1. The van der Waals surface area contributed by atoms with Crippen molar-refractivity contribution in [2.75, 3.05) is 26.2 Å². The molecule has 1 aliphatic heterocycles. The first-order chi connectivity index (χ1) is 12.8. The van der Waals surface area contributed by atoms with Crippen LogP contribution in [0, 0.1) is 5.92 Å². The lowest BCUT2D eigenvalue weighted by atomic mass is 10.1. The molecule has 1 atom stereocenters. The first kappa shape index (κ1) is 21.9. The van der Waals surface area contributed by atoms with Gasteiger partial charge in [0.2, 0.25) is 5.91 Å². The van der Waals surface area contributed by atoms with E-state index in [1.807, 2.05) is 29.3 Å². The van der Waals surface area contributed by atoms with Crippen molar-refractivity contribution in [1.29, 1.82) is 0 Å². The van der Waals surface area contributed by atoms with Gasteiger partial charge in [0.1, 0.15) is 0 Å². The molecule has 150 valence electrons. The number of aromatic nitrogens is 1. The van der Waals surface area contributed by atoms with Gasteiger partial charge in [0.25, 0.3) is 0 Å². The molecule has 2 heterocycles. The number of hydrogen-bond donors (Lipinski definition) is 2. The largest absolute Gasteiger partial charge is 0.357 e. The maximum absolute atomic E-state index is 12.6. The van der Waals surface area contributed by atoms with Gasteiger partial charge in [-0.2, -0.15) is 0 Å². The summed E-state index contributed by atoms with van der Waals surface area (Å²) in [5.74, 6) is 1.47. The van der Waals surface area contributed by atoms with E-state index in [1.54, 1.807) is 0 Å². The fraction of sp³-hybridized carbons (Fsp3) is 0.650. The maximum atomic E-state index is 12.6. The van der Waals surface area contributed by atoms with E-state index in [2.05, 4.69) is 27.5 Å². The van der Waals surface area contributed by atoms with E-state index in [-0.39, 0.29) is 35.9 Å². The van der Waals surface area contributed by atoms with Gasteiger partial charge in [0.15, 0.2) is 5.96 Å². The molecule has 1 aromatic rings. The van der Waals surface area contributed by atoms with Crippen LogP contribution >= 0.6 is 24.0 Å². The van der Waals surface area contributed by atoms with Gasteiger partial charge in [0.05, 0.1) is 0 Å². The van der Waals surface area contributed by atoms with E-state index in [0.717, 1.165) is 57.0 Å². The summed E-state index contributed by atoms with van der Waals surface area (Å²) in [6.07, 6.45) is 8.20. The fourth-order valence-corrected chi connectivity index (χ4v) is 3.85. The predicted octanol–water partition coefficient (Wildman–Crippen LogP) is 2.59. The number of likely N-dealkylation sites (tertiary alicyclic amines) is 1. The van der Waals surface area contributed by atoms with Crippen LogP contribution < -0.4 is 10.6 Å². The van der Waals surface area contributed by atoms with Crippen molar-refractivity contribution >= 4 is 35.8 Å². The van der Waals surface area contributed by atoms with E-state index < -0.39 is 0 Å². The van der Waals surface area contributed by atoms with Gasteiger partial charge in [0, 0.05) is 56.5 Å². The van der Waals surface area contributed by atoms with Crippen LogP contribution in [0.15, 0.2) is 29.4 Å². The highest BCUT2D eigenvalue weighted by molar-refractivity contribution is 14.0. The molecule has 1 saturated carbocycles. The third-order valence-electron chi connectivity index (χ3n) is 5.25. The monoisotopic (exact) mass is 485 g/mol. The molecular weight excluding hydrogens is 453 g/mol. The summed E-state index contributed by atoms with van der Waals surface area (Å²) in [7, 11) is 0. The number of carbonyl (C=O) groups excluding carboxylic acids is 1. The van der Waals surface area contributed by atoms with Gasteiger partial charge in [-0.25, -0.2) is 0 Å². The van der Waals surface area contributed by atoms with Crippen molar-refractivity contribution < 1.29 is 4.79 Å². The molecule has 0 radical (unpaired) electrons. The molecule has 0 spiro atoms. The van der Waals surface area contributed by atoms with Crippen molar-refractivity contribution in [3.05, 3.63) is 30.1 Å². The Kier molecular flexibility index (Phi) is 9.30. The fourth-order valence-electron chi connectivity index (χ4n) is 3.85. The Hall–Kier alpha value is -1.38. The van der Waals surface area contributed by atoms with Crippen LogP contribution in [0.1, 0.15) is 44.7 Å². The van der Waals surface area contributed by atoms with Gasteiger partial charge >= 0.3 is 0 Å². The Morgan fingerprint density at radius 2 is 2.11 bits per heavy atom. The summed E-state index contributed by atoms with van der Waals surface area (Å²) >= 11 is 0. The molecule has 1 aliphatic carbocycles. The second kappa shape index (κ2) is 11.5. The molecule has 3 rings (SSSR count). The lowest BCUT2D eigenvalue weighted by Crippen LogP contribution is -2.45. The standard InChI is InChI=1S/C20H31N5O.HI/c1-2-21-20(23-13-10-17-9-5-6-12-22-17)24-18-11-14-25(15-18)19(26)16-7-3-4-8-16;/h5-6,9,12,16,18H,2-4,7-8,10-11,13-15H2,1H3,(H2,21,23,24);1H. The average molecular weight is 485 g/mol. The second-order valence-corrected chi connectivity index (χ2v) is 7.23. The Morgan fingerprint density at radius 3 is 2.81 bits per heavy atom. The third kappa shape index (κ3) is 6.62. The zero-order valence-electron chi connectivity index (χ0n) is 16.2. The maximum Gasteiger partial charge on any atom is 0.225 e. The molecule has 2 fully saturated rings. The van der Waals surface area contributed by atoms with E-state index in [4.69, 9.17) is 0 Å². The topological polar surface area (TPSA) is 69.6 Å². The predicted molar refractivity (Wildman–Crippen MR) is 119 cm³/mol. The third-order valence-corrected chi connectivity index (χ3v) is 5.25. The summed E-state index contributed by atoms with van der Waals surface area (Å²) in [6, 6.07) is 6.24. The summed E-state index contributed by atoms with van der Waals surface area (Å²) in [5, 5.41) is 6.81. The van der Waals surface area contributed by atoms with Crippen molar-refractivity contribution in [3.8, 4) is 0 Å². The summed E-state index contributed by atoms with van der Waals surface area (Å²) in [4.78, 5) is 23.6. The Morgan fingerprint density at radius 1 is 1.30 bits per heavy atom. The Bertz CT molecular complexity index is 604. The van der Waals surface area contributed by atoms with Crippen molar-refractivity contribution in [2.45, 2.75) is 51.5 Å². The Balaban J connectivity index is 0.00000261. The summed E-state index contributed by atoms with van der Waals surface area (Å²) in [6.45, 7) is 5.25. The number of halogens is 1. The van der Waals surface area contributed by atoms with Crippen LogP contribution in [0.3, 0.4) is 0 Å². The van der Waals surface area contributed by atoms with Crippen molar-refractivity contribution in [3.63, 3.8) is 0 Å². The SMILES string of the molecule is CCNC(=NCCc1ccccn1)NC1CCN(C(=O)C2CCCC2)C1.I. The van der Waals surface area contributed by atoms with Crippen LogP contribution in [0.25, 0.3) is 0 Å². The molecule has 2 aliphatic rings. The molecule has 0 aromatic carbocycles. The lowest BCUT2D eigenvalue weighted by Gasteiger charge is -2.21. The molecular formula is C20H32IN5O. The number of nitrogens with zero attached hydrogens (tertiary/aromatic N) is 3. The normalized spacial score (nSPS) is 20.4. The van der Waals surface area contributed by atoms with Crippen molar-refractivity contribution in [1.82, 2.24) is 20.5 Å². The quantitative estimate of drug-likeness (QED) is 0.369. The number of nitrogens with one attached hydrogen (secondary N) is 2. The molecule has 2 N–H and O–H groups in total. The van der Waals surface area contributed by atoms with Crippen LogP contribution in [0.2, 0.25) is 0 Å². The van der Waals surface area contributed by atoms with E-state index in [0.29, 0.717) is 12.5 Å². The lowest BCUT2D eigenvalue weighted by molar-refractivity contribution is -0.134. The van der Waals surface area contributed by atoms with Crippen LogP contribution in [-0.2, 0) is 11.2 Å². The van der Waals surface area contributed by atoms with E-state index in [1.165, 1.54) is 12.8 Å². The number of aliphatic imine (C=N–C) groups is 1. The first-order valence-corrected chi connectivity index (χ1v) is 10.00. The molecule has 1 unspecified atom stereocenters. The average Bonchev–Trinajstić information content (AvgIpc) is 3.34. The van der Waals surface area contributed by atoms with Gasteiger partial charge in [-0.15, -0.1) is 24.0 Å². The molecule has 7 heteroatoms. The molecule has 6 nitrogen and oxygen atoms in total. The minimum Gasteiger partial charge on any atom is -0.357 e. The van der Waals surface area contributed by atoms with E-state index in [9.17, 15) is 4.79 Å².